The Balaban J connectivity index is 0.000000461. The second kappa shape index (κ2) is 11.0. The molecule has 0 bridgehead atoms. The average Bonchev–Trinajstić information content (AvgIpc) is 2.83. The summed E-state index contributed by atoms with van der Waals surface area (Å²) >= 11 is 0.574. The summed E-state index contributed by atoms with van der Waals surface area (Å²) in [6.45, 7) is 0. The summed E-state index contributed by atoms with van der Waals surface area (Å²) in [5.41, 5.74) is 0. The van der Waals surface area contributed by atoms with E-state index >= 15 is 0 Å². The van der Waals surface area contributed by atoms with Crippen LogP contribution < -0.4 is 21.2 Å². The fraction of sp³-hybridized carbons (Fsp3) is 0. The SMILES string of the molecule is N#CSC#N.c1ccc([PH](c2ccccc2)(c2ccccc2)c2ccccc2)cc1. The molecule has 0 aromatic heterocycles. The summed E-state index contributed by atoms with van der Waals surface area (Å²) in [4.78, 5) is 0. The molecular weight excluding hydrogens is 403 g/mol. The zero-order valence-corrected chi connectivity index (χ0v) is 18.2. The topological polar surface area (TPSA) is 47.6 Å². The molecule has 4 aromatic carbocycles. The van der Waals surface area contributed by atoms with Gasteiger partial charge in [0.15, 0.2) is 0 Å². The Bertz CT molecular complexity index is 944. The molecule has 0 saturated carbocycles. The number of rotatable bonds is 4. The van der Waals surface area contributed by atoms with Crippen LogP contribution in [0.2, 0.25) is 0 Å². The molecule has 0 aliphatic rings. The van der Waals surface area contributed by atoms with Gasteiger partial charge in [-0.15, -0.1) is 0 Å². The van der Waals surface area contributed by atoms with E-state index in [0.717, 1.165) is 0 Å². The summed E-state index contributed by atoms with van der Waals surface area (Å²) in [5.74, 6) is 0. The second-order valence-corrected chi connectivity index (χ2v) is 10.9. The van der Waals surface area contributed by atoms with E-state index in [4.69, 9.17) is 10.5 Å². The quantitative estimate of drug-likeness (QED) is 0.352. The Kier molecular flexibility index (Phi) is 7.82. The van der Waals surface area contributed by atoms with Gasteiger partial charge in [0, 0.05) is 0 Å². The molecule has 4 aromatic rings. The van der Waals surface area contributed by atoms with Gasteiger partial charge >= 0.3 is 150 Å². The summed E-state index contributed by atoms with van der Waals surface area (Å²) in [6.07, 6.45) is 0. The summed E-state index contributed by atoms with van der Waals surface area (Å²) in [5, 5.41) is 23.9. The van der Waals surface area contributed by atoms with Gasteiger partial charge in [-0.05, 0) is 0 Å². The molecule has 0 atom stereocenters. The Morgan fingerprint density at radius 2 is 0.667 bits per heavy atom. The number of benzene rings is 4. The van der Waals surface area contributed by atoms with Crippen molar-refractivity contribution in [2.45, 2.75) is 0 Å². The van der Waals surface area contributed by atoms with Gasteiger partial charge in [-0.1, -0.05) is 0 Å². The van der Waals surface area contributed by atoms with Gasteiger partial charge in [0.1, 0.15) is 10.8 Å². The molecule has 0 saturated heterocycles. The van der Waals surface area contributed by atoms with Gasteiger partial charge < -0.3 is 0 Å². The molecule has 146 valence electrons. The molecule has 30 heavy (non-hydrogen) atoms. The minimum atomic E-state index is -2.30. The van der Waals surface area contributed by atoms with Crippen molar-refractivity contribution < 1.29 is 0 Å². The maximum absolute atomic E-state index is 7.56. The number of hydrogen-bond acceptors (Lipinski definition) is 3. The van der Waals surface area contributed by atoms with Crippen molar-refractivity contribution in [1.82, 2.24) is 0 Å². The van der Waals surface area contributed by atoms with Crippen LogP contribution in [0.5, 0.6) is 0 Å². The third-order valence-electron chi connectivity index (χ3n) is 4.92. The molecule has 0 heterocycles. The van der Waals surface area contributed by atoms with Crippen molar-refractivity contribution in [2.24, 2.45) is 0 Å². The zero-order valence-electron chi connectivity index (χ0n) is 16.3. The number of nitrogens with zero attached hydrogens (tertiary/aromatic N) is 2. The third kappa shape index (κ3) is 4.61. The molecule has 2 nitrogen and oxygen atoms in total. The molecule has 0 spiro atoms. The van der Waals surface area contributed by atoms with E-state index in [1.54, 1.807) is 10.8 Å². The van der Waals surface area contributed by atoms with E-state index in [1.165, 1.54) is 21.2 Å². The van der Waals surface area contributed by atoms with Crippen LogP contribution in [0, 0.1) is 21.3 Å². The first-order chi connectivity index (χ1) is 14.8. The first-order valence-corrected chi connectivity index (χ1v) is 12.3. The van der Waals surface area contributed by atoms with E-state index in [2.05, 4.69) is 121 Å². The van der Waals surface area contributed by atoms with Crippen LogP contribution in [0.25, 0.3) is 0 Å². The number of hydrogen-bond donors (Lipinski definition) is 0. The van der Waals surface area contributed by atoms with Crippen molar-refractivity contribution in [3.63, 3.8) is 0 Å². The standard InChI is InChI=1S/C24H21P.C2N2S/c1-5-13-21(14-6-1)25(22-15-7-2-8-16-22,23-17-9-3-10-18-23)24-19-11-4-12-20-24;3-1-5-2-4/h1-20,25H;. The van der Waals surface area contributed by atoms with Crippen LogP contribution >= 0.6 is 19.0 Å². The fourth-order valence-corrected chi connectivity index (χ4v) is 8.58. The summed E-state index contributed by atoms with van der Waals surface area (Å²) < 4.78 is 0. The fourth-order valence-electron chi connectivity index (χ4n) is 3.77. The number of nitriles is 2. The first-order valence-electron chi connectivity index (χ1n) is 9.50. The van der Waals surface area contributed by atoms with E-state index in [0.29, 0.717) is 11.8 Å². The number of thioether (sulfide) groups is 1. The average molecular weight is 425 g/mol. The van der Waals surface area contributed by atoms with E-state index in [-0.39, 0.29) is 0 Å². The maximum atomic E-state index is 7.56. The van der Waals surface area contributed by atoms with Gasteiger partial charge in [0.25, 0.3) is 0 Å². The Morgan fingerprint density at radius 3 is 0.833 bits per heavy atom. The molecule has 4 rings (SSSR count). The van der Waals surface area contributed by atoms with Crippen molar-refractivity contribution >= 4 is 40.2 Å². The minimum absolute atomic E-state index is 0.574. The number of thiocyanates is 2. The normalized spacial score (nSPS) is 10.6. The predicted octanol–water partition coefficient (Wildman–Crippen LogP) is 4.72. The van der Waals surface area contributed by atoms with Crippen molar-refractivity contribution in [2.75, 3.05) is 0 Å². The molecule has 0 N–H and O–H groups in total. The van der Waals surface area contributed by atoms with Crippen LogP contribution in [0.4, 0.5) is 0 Å². The summed E-state index contributed by atoms with van der Waals surface area (Å²) in [7, 11) is -2.30. The molecule has 0 amide bonds. The van der Waals surface area contributed by atoms with E-state index < -0.39 is 7.26 Å². The van der Waals surface area contributed by atoms with Crippen LogP contribution in [0.1, 0.15) is 0 Å². The predicted molar refractivity (Wildman–Crippen MR) is 131 cm³/mol. The van der Waals surface area contributed by atoms with Crippen LogP contribution in [-0.2, 0) is 0 Å². The van der Waals surface area contributed by atoms with Gasteiger partial charge in [-0.2, -0.15) is 10.5 Å². The van der Waals surface area contributed by atoms with Crippen molar-refractivity contribution in [3.05, 3.63) is 121 Å². The zero-order chi connectivity index (χ0) is 21.1. The molecule has 0 radical (unpaired) electrons. The summed E-state index contributed by atoms with van der Waals surface area (Å²) in [6, 6.07) is 44.0. The van der Waals surface area contributed by atoms with Crippen molar-refractivity contribution in [3.8, 4) is 10.8 Å². The molecule has 0 unspecified atom stereocenters. The van der Waals surface area contributed by atoms with Crippen molar-refractivity contribution in [1.29, 1.82) is 10.5 Å². The molecule has 0 aliphatic heterocycles. The van der Waals surface area contributed by atoms with Gasteiger partial charge in [-0.25, -0.2) is 0 Å². The second-order valence-electron chi connectivity index (χ2n) is 6.50. The Hall–Kier alpha value is -3.36. The van der Waals surface area contributed by atoms with E-state index in [9.17, 15) is 0 Å². The van der Waals surface area contributed by atoms with Crippen LogP contribution in [0.15, 0.2) is 121 Å². The first kappa shape index (κ1) is 21.4. The molecule has 4 heteroatoms. The Labute approximate surface area is 182 Å². The monoisotopic (exact) mass is 424 g/mol. The molecular formula is C26H21N2PS. The van der Waals surface area contributed by atoms with Gasteiger partial charge in [0.05, 0.1) is 11.8 Å². The Morgan fingerprint density at radius 1 is 0.433 bits per heavy atom. The van der Waals surface area contributed by atoms with Gasteiger partial charge in [-0.3, -0.25) is 0 Å². The molecule has 0 aliphatic carbocycles. The third-order valence-corrected chi connectivity index (χ3v) is 9.90. The van der Waals surface area contributed by atoms with Gasteiger partial charge in [0.2, 0.25) is 0 Å². The molecule has 0 fully saturated rings. The van der Waals surface area contributed by atoms with Crippen LogP contribution in [0.3, 0.4) is 0 Å². The van der Waals surface area contributed by atoms with E-state index in [1.807, 2.05) is 0 Å². The van der Waals surface area contributed by atoms with Crippen LogP contribution in [-0.4, -0.2) is 0 Å².